The molecule has 2 nitrogen and oxygen atoms in total. The minimum Gasteiger partial charge on any atom is -0.300 e. The van der Waals surface area contributed by atoms with E-state index in [2.05, 4.69) is 185 Å². The van der Waals surface area contributed by atoms with Gasteiger partial charge in [-0.3, -0.25) is 4.99 Å². The number of benzene rings is 9. The Balaban J connectivity index is 1.07. The molecule has 0 aliphatic heterocycles. The van der Waals surface area contributed by atoms with Crippen LogP contribution in [0.2, 0.25) is 0 Å². The third kappa shape index (κ3) is 5.63. The van der Waals surface area contributed by atoms with E-state index in [0.29, 0.717) is 5.71 Å². The summed E-state index contributed by atoms with van der Waals surface area (Å²) in [6, 6.07) is 69.6. The van der Waals surface area contributed by atoms with E-state index < -0.39 is 5.41 Å². The fraction of sp³-hybridized carbons (Fsp3) is 0.0847. The molecule has 0 heterocycles. The van der Waals surface area contributed by atoms with Crippen LogP contribution in [-0.4, -0.2) is 11.9 Å². The van der Waals surface area contributed by atoms with E-state index in [1.165, 1.54) is 77.4 Å². The maximum atomic E-state index is 9.37. The summed E-state index contributed by atoms with van der Waals surface area (Å²) in [6.45, 7) is 7.12. The number of rotatable bonds is 7. The molecule has 11 rings (SSSR count). The van der Waals surface area contributed by atoms with E-state index >= 15 is 0 Å². The van der Waals surface area contributed by atoms with Crippen molar-refractivity contribution in [2.75, 3.05) is 0 Å². The van der Waals surface area contributed by atoms with Gasteiger partial charge in [0.25, 0.3) is 0 Å². The minimum absolute atomic E-state index is 0.198. The smallest absolute Gasteiger partial charge is 0.0727 e. The molecule has 0 radical (unpaired) electrons. The van der Waals surface area contributed by atoms with Gasteiger partial charge in [-0.15, -0.1) is 0 Å². The van der Waals surface area contributed by atoms with Crippen LogP contribution < -0.4 is 0 Å². The Kier molecular flexibility index (Phi) is 8.47. The molecule has 2 heteroatoms. The van der Waals surface area contributed by atoms with E-state index in [0.717, 1.165) is 27.8 Å². The zero-order chi connectivity index (χ0) is 41.3. The second-order valence-electron chi connectivity index (χ2n) is 17.1. The largest absolute Gasteiger partial charge is 0.300 e. The highest BCUT2D eigenvalue weighted by Gasteiger charge is 2.43. The number of allylic oxidation sites excluding steroid dienone is 1. The van der Waals surface area contributed by atoms with Gasteiger partial charge in [0, 0.05) is 28.2 Å². The highest BCUT2D eigenvalue weighted by atomic mass is 14.7. The molecule has 0 fully saturated rings. The second-order valence-corrected chi connectivity index (χ2v) is 17.1. The molecule has 0 aromatic heterocycles. The predicted molar refractivity (Wildman–Crippen MR) is 257 cm³/mol. The second kappa shape index (κ2) is 14.1. The average Bonchev–Trinajstić information content (AvgIpc) is 3.73. The Morgan fingerprint density at radius 1 is 0.459 bits per heavy atom. The molecule has 1 atom stereocenters. The average molecular weight is 781 g/mol. The Morgan fingerprint density at radius 3 is 1.82 bits per heavy atom. The lowest BCUT2D eigenvalue weighted by molar-refractivity contribution is 0.668. The molecule has 1 N–H and O–H groups in total. The van der Waals surface area contributed by atoms with Crippen LogP contribution in [-0.2, 0) is 10.8 Å². The van der Waals surface area contributed by atoms with Crippen LogP contribution in [0.15, 0.2) is 205 Å². The predicted octanol–water partition coefficient (Wildman–Crippen LogP) is 14.8. The van der Waals surface area contributed by atoms with Gasteiger partial charge in [0.05, 0.1) is 11.4 Å². The van der Waals surface area contributed by atoms with Crippen LogP contribution in [0, 0.1) is 5.41 Å². The lowest BCUT2D eigenvalue weighted by atomic mass is 9.72. The van der Waals surface area contributed by atoms with Gasteiger partial charge in [-0.1, -0.05) is 208 Å². The van der Waals surface area contributed by atoms with Crippen molar-refractivity contribution >= 4 is 39.2 Å². The van der Waals surface area contributed by atoms with Gasteiger partial charge in [0.15, 0.2) is 0 Å². The third-order valence-corrected chi connectivity index (χ3v) is 13.4. The molecule has 290 valence electrons. The van der Waals surface area contributed by atoms with Crippen LogP contribution >= 0.6 is 0 Å². The number of aliphatic imine (C=N–C) groups is 1. The van der Waals surface area contributed by atoms with E-state index in [4.69, 9.17) is 4.99 Å². The fourth-order valence-electron chi connectivity index (χ4n) is 10.7. The van der Waals surface area contributed by atoms with Crippen LogP contribution in [0.25, 0.3) is 60.6 Å². The zero-order valence-corrected chi connectivity index (χ0v) is 34.6. The van der Waals surface area contributed by atoms with Crippen LogP contribution in [0.3, 0.4) is 0 Å². The first kappa shape index (κ1) is 36.6. The fourth-order valence-corrected chi connectivity index (χ4v) is 10.7. The van der Waals surface area contributed by atoms with Crippen LogP contribution in [0.5, 0.6) is 0 Å². The molecule has 9 aromatic rings. The van der Waals surface area contributed by atoms with Crippen molar-refractivity contribution in [2.45, 2.75) is 31.6 Å². The summed E-state index contributed by atoms with van der Waals surface area (Å²) in [5, 5.41) is 14.3. The quantitative estimate of drug-likeness (QED) is 0.156. The summed E-state index contributed by atoms with van der Waals surface area (Å²) in [4.78, 5) is 5.41. The third-order valence-electron chi connectivity index (χ3n) is 13.4. The highest BCUT2D eigenvalue weighted by Crippen LogP contribution is 2.56. The van der Waals surface area contributed by atoms with Crippen molar-refractivity contribution in [1.82, 2.24) is 0 Å². The monoisotopic (exact) mass is 780 g/mol. The topological polar surface area (TPSA) is 36.2 Å². The van der Waals surface area contributed by atoms with Gasteiger partial charge in [-0.05, 0) is 101 Å². The van der Waals surface area contributed by atoms with Crippen molar-refractivity contribution in [3.63, 3.8) is 0 Å². The molecule has 2 aliphatic rings. The molecule has 0 saturated carbocycles. The van der Waals surface area contributed by atoms with Crippen molar-refractivity contribution < 1.29 is 0 Å². The van der Waals surface area contributed by atoms with Crippen molar-refractivity contribution in [3.05, 3.63) is 245 Å². The van der Waals surface area contributed by atoms with Crippen molar-refractivity contribution in [1.29, 1.82) is 5.41 Å². The van der Waals surface area contributed by atoms with Crippen molar-refractivity contribution in [3.8, 4) is 33.4 Å². The van der Waals surface area contributed by atoms with Gasteiger partial charge in [-0.2, -0.15) is 0 Å². The Bertz CT molecular complexity index is 3300. The first-order valence-electron chi connectivity index (χ1n) is 21.2. The van der Waals surface area contributed by atoms with Gasteiger partial charge < -0.3 is 5.41 Å². The number of hydrogen-bond donors (Lipinski definition) is 1. The number of nitrogens with one attached hydrogen (secondary N) is 1. The lowest BCUT2D eigenvalue weighted by Gasteiger charge is -2.30. The summed E-state index contributed by atoms with van der Waals surface area (Å²) < 4.78 is 0. The van der Waals surface area contributed by atoms with Gasteiger partial charge >= 0.3 is 0 Å². The van der Waals surface area contributed by atoms with E-state index in [9.17, 15) is 5.41 Å². The molecule has 0 saturated heterocycles. The minimum atomic E-state index is -0.433. The van der Waals surface area contributed by atoms with E-state index in [1.54, 1.807) is 0 Å². The molecule has 1 unspecified atom stereocenters. The van der Waals surface area contributed by atoms with Crippen molar-refractivity contribution in [2.24, 2.45) is 4.99 Å². The summed E-state index contributed by atoms with van der Waals surface area (Å²) >= 11 is 0. The molecular weight excluding hydrogens is 737 g/mol. The summed E-state index contributed by atoms with van der Waals surface area (Å²) in [6.07, 6.45) is 3.96. The maximum Gasteiger partial charge on any atom is 0.0727 e. The van der Waals surface area contributed by atoms with Gasteiger partial charge in [-0.25, -0.2) is 0 Å². The SMILES string of the molecule is CC1(C)c2c(cccc2-c2ccc(C=N/C(=C\C(=N)c3ccccc3)c3cccc4c3C(C)(c3ccccc3)c3ccccc3-4)c3ccccc23)-c2ccc3ccccc3c21. The Hall–Kier alpha value is -7.42. The van der Waals surface area contributed by atoms with Gasteiger partial charge in [0.2, 0.25) is 0 Å². The maximum absolute atomic E-state index is 9.37. The van der Waals surface area contributed by atoms with Crippen LogP contribution in [0.1, 0.15) is 65.3 Å². The molecule has 0 spiro atoms. The molecular formula is C59H44N2. The summed E-state index contributed by atoms with van der Waals surface area (Å²) in [7, 11) is 0. The van der Waals surface area contributed by atoms with E-state index in [-0.39, 0.29) is 5.41 Å². The van der Waals surface area contributed by atoms with Crippen LogP contribution in [0.4, 0.5) is 0 Å². The zero-order valence-electron chi connectivity index (χ0n) is 34.6. The van der Waals surface area contributed by atoms with E-state index in [1.807, 2.05) is 42.6 Å². The molecule has 0 bridgehead atoms. The normalized spacial score (nSPS) is 16.1. The standard InChI is InChI=1S/C59H44N2/c1-58(2)55-43-24-11-10-18-38(43)32-35-50(55)49-29-16-27-47(56(49)58)45-34-33-40(42-23-12-13-25-44(42)45)37-61-54(36-53(60)39-19-6-4-7-20-39)51-30-17-28-48-46-26-14-15-31-52(46)59(3,57(48)51)41-21-8-5-9-22-41/h4-37,60H,1-3H3/b54-36-,60-53?,61-37?. The number of hydrogen-bond acceptors (Lipinski definition) is 2. The number of fused-ring (bicyclic) bond motifs is 9. The molecule has 9 aromatic carbocycles. The first-order valence-corrected chi connectivity index (χ1v) is 21.2. The molecule has 61 heavy (non-hydrogen) atoms. The van der Waals surface area contributed by atoms with Gasteiger partial charge in [0.1, 0.15) is 0 Å². The molecule has 0 amide bonds. The highest BCUT2D eigenvalue weighted by molar-refractivity contribution is 6.13. The summed E-state index contributed by atoms with van der Waals surface area (Å²) in [5.41, 5.74) is 17.5. The summed E-state index contributed by atoms with van der Waals surface area (Å²) in [5.74, 6) is 0. The number of nitrogens with zero attached hydrogens (tertiary/aromatic N) is 1. The lowest BCUT2D eigenvalue weighted by Crippen LogP contribution is -2.23. The Morgan fingerprint density at radius 2 is 1.03 bits per heavy atom. The molecule has 2 aliphatic carbocycles. The first-order chi connectivity index (χ1) is 29.8. The Labute approximate surface area is 357 Å².